The van der Waals surface area contributed by atoms with Crippen LogP contribution in [0.5, 0.6) is 0 Å². The molecule has 0 aliphatic carbocycles. The Hall–Kier alpha value is -2.00. The van der Waals surface area contributed by atoms with Gasteiger partial charge in [0.15, 0.2) is 0 Å². The molecule has 0 amide bonds. The second kappa shape index (κ2) is 10.5. The minimum atomic E-state index is -3.43. The van der Waals surface area contributed by atoms with Crippen LogP contribution in [0.3, 0.4) is 0 Å². The van der Waals surface area contributed by atoms with Gasteiger partial charge in [-0.2, -0.15) is 0 Å². The van der Waals surface area contributed by atoms with Crippen LogP contribution in [0.15, 0.2) is 71.9 Å². The number of aromatic nitrogens is 1. The maximum Gasteiger partial charge on any atom is 0.242 e. The highest BCUT2D eigenvalue weighted by Crippen LogP contribution is 2.31. The number of hydrogen-bond donors (Lipinski definition) is 0. The molecule has 0 unspecified atom stereocenters. The minimum Gasteiger partial charge on any atom is -0.304 e. The molecular weight excluding hydrogens is 481 g/mol. The average Bonchev–Trinajstić information content (AvgIpc) is 3.11. The zero-order valence-corrected chi connectivity index (χ0v) is 19.9. The lowest BCUT2D eigenvalue weighted by Crippen LogP contribution is -2.43. The van der Waals surface area contributed by atoms with E-state index in [9.17, 15) is 12.8 Å². The van der Waals surface area contributed by atoms with E-state index in [2.05, 4.69) is 39.4 Å². The molecule has 1 aromatic heterocycles. The first kappa shape index (κ1) is 23.7. The van der Waals surface area contributed by atoms with Gasteiger partial charge in [-0.05, 0) is 36.9 Å². The molecule has 0 N–H and O–H groups in total. The molecule has 0 atom stereocenters. The normalized spacial score (nSPS) is 15.5. The Morgan fingerprint density at radius 1 is 1.06 bits per heavy atom. The Bertz CT molecular complexity index is 1120. The number of likely N-dealkylation sites (N-methyl/N-ethyl adjacent to an activating group) is 1. The summed E-state index contributed by atoms with van der Waals surface area (Å²) < 4.78 is 39.4. The van der Waals surface area contributed by atoms with Gasteiger partial charge < -0.3 is 4.90 Å². The summed E-state index contributed by atoms with van der Waals surface area (Å²) in [4.78, 5) is 4.68. The van der Waals surface area contributed by atoms with Crippen molar-refractivity contribution < 1.29 is 12.8 Å². The standard InChI is InChI=1S/C17H22BrN3O2S.C6H5F/c1-3-11-24(22,23)21-13-14(12-20-9-7-19(2)8-10-20)17-15(18)5-4-6-16(17)21;7-6-4-2-1-3-5-6/h3-6,13H,1,7-12H2,2H3;1-5H. The molecule has 31 heavy (non-hydrogen) atoms. The number of hydrogen-bond acceptors (Lipinski definition) is 4. The van der Waals surface area contributed by atoms with Gasteiger partial charge in [-0.15, -0.1) is 6.58 Å². The first-order valence-electron chi connectivity index (χ1n) is 10.1. The summed E-state index contributed by atoms with van der Waals surface area (Å²) in [7, 11) is -1.30. The lowest BCUT2D eigenvalue weighted by atomic mass is 10.1. The van der Waals surface area contributed by atoms with Crippen molar-refractivity contribution in [2.45, 2.75) is 6.54 Å². The first-order valence-corrected chi connectivity index (χ1v) is 12.5. The van der Waals surface area contributed by atoms with E-state index < -0.39 is 10.0 Å². The van der Waals surface area contributed by atoms with Gasteiger partial charge in [-0.3, -0.25) is 4.90 Å². The van der Waals surface area contributed by atoms with E-state index in [4.69, 9.17) is 0 Å². The van der Waals surface area contributed by atoms with Crippen LogP contribution in [0.4, 0.5) is 4.39 Å². The van der Waals surface area contributed by atoms with Crippen LogP contribution in [-0.2, 0) is 16.6 Å². The Morgan fingerprint density at radius 2 is 1.74 bits per heavy atom. The molecule has 0 radical (unpaired) electrons. The van der Waals surface area contributed by atoms with Crippen LogP contribution in [0.1, 0.15) is 5.56 Å². The van der Waals surface area contributed by atoms with E-state index in [1.807, 2.05) is 18.2 Å². The largest absolute Gasteiger partial charge is 0.304 e. The van der Waals surface area contributed by atoms with E-state index in [1.54, 1.807) is 24.4 Å². The SMILES string of the molecule is C=CCS(=O)(=O)n1cc(CN2CCN(C)CC2)c2c(Br)cccc21.Fc1ccccc1. The number of nitrogens with zero attached hydrogens (tertiary/aromatic N) is 3. The summed E-state index contributed by atoms with van der Waals surface area (Å²) >= 11 is 3.59. The van der Waals surface area contributed by atoms with E-state index in [0.717, 1.165) is 53.7 Å². The average molecular weight is 508 g/mol. The molecule has 166 valence electrons. The quantitative estimate of drug-likeness (QED) is 0.481. The van der Waals surface area contributed by atoms with Crippen LogP contribution < -0.4 is 0 Å². The third kappa shape index (κ3) is 6.04. The first-order chi connectivity index (χ1) is 14.8. The van der Waals surface area contributed by atoms with Crippen molar-refractivity contribution in [3.8, 4) is 0 Å². The molecular formula is C23H27BrFN3O2S. The van der Waals surface area contributed by atoms with Crippen LogP contribution in [0.25, 0.3) is 10.9 Å². The molecule has 1 aliphatic rings. The highest BCUT2D eigenvalue weighted by atomic mass is 79.9. The molecule has 0 bridgehead atoms. The summed E-state index contributed by atoms with van der Waals surface area (Å²) in [5.41, 5.74) is 1.75. The molecule has 3 aromatic rings. The number of rotatable bonds is 5. The molecule has 1 aliphatic heterocycles. The van der Waals surface area contributed by atoms with Crippen LogP contribution in [-0.4, -0.2) is 61.2 Å². The van der Waals surface area contributed by atoms with Gasteiger partial charge in [0, 0.05) is 48.8 Å². The highest BCUT2D eigenvalue weighted by molar-refractivity contribution is 9.10. The zero-order valence-electron chi connectivity index (χ0n) is 17.5. The van der Waals surface area contributed by atoms with Gasteiger partial charge >= 0.3 is 0 Å². The summed E-state index contributed by atoms with van der Waals surface area (Å²) in [6.07, 6.45) is 3.20. The summed E-state index contributed by atoms with van der Waals surface area (Å²) in [6.45, 7) is 8.37. The summed E-state index contributed by atoms with van der Waals surface area (Å²) in [6, 6.07) is 13.6. The number of fused-ring (bicyclic) bond motifs is 1. The predicted octanol–water partition coefficient (Wildman–Crippen LogP) is 4.34. The van der Waals surface area contributed by atoms with Crippen LogP contribution in [0.2, 0.25) is 0 Å². The molecule has 1 fully saturated rings. The van der Waals surface area contributed by atoms with Crippen molar-refractivity contribution >= 4 is 36.9 Å². The van der Waals surface area contributed by atoms with Gasteiger partial charge in [0.1, 0.15) is 5.82 Å². The van der Waals surface area contributed by atoms with E-state index >= 15 is 0 Å². The lowest BCUT2D eigenvalue weighted by molar-refractivity contribution is 0.148. The molecule has 4 rings (SSSR count). The third-order valence-electron chi connectivity index (χ3n) is 5.17. The molecule has 0 spiro atoms. The number of halogens is 2. The van der Waals surface area contributed by atoms with Gasteiger partial charge in [0.05, 0.1) is 11.3 Å². The van der Waals surface area contributed by atoms with Crippen molar-refractivity contribution in [2.24, 2.45) is 0 Å². The Morgan fingerprint density at radius 3 is 2.32 bits per heavy atom. The van der Waals surface area contributed by atoms with Crippen LogP contribution >= 0.6 is 15.9 Å². The number of benzene rings is 2. The lowest BCUT2D eigenvalue weighted by Gasteiger charge is -2.32. The fourth-order valence-electron chi connectivity index (χ4n) is 3.53. The Kier molecular flexibility index (Phi) is 8.05. The molecule has 8 heteroatoms. The maximum atomic E-state index is 12.6. The summed E-state index contributed by atoms with van der Waals surface area (Å²) in [5.74, 6) is -0.250. The van der Waals surface area contributed by atoms with Gasteiger partial charge in [0.25, 0.3) is 0 Å². The third-order valence-corrected chi connectivity index (χ3v) is 7.39. The topological polar surface area (TPSA) is 45.6 Å². The maximum absolute atomic E-state index is 12.6. The molecule has 2 heterocycles. The van der Waals surface area contributed by atoms with E-state index in [0.29, 0.717) is 0 Å². The number of piperazine rings is 1. The van der Waals surface area contributed by atoms with Crippen molar-refractivity contribution in [2.75, 3.05) is 39.0 Å². The monoisotopic (exact) mass is 507 g/mol. The summed E-state index contributed by atoms with van der Waals surface area (Å²) in [5, 5.41) is 0.976. The van der Waals surface area contributed by atoms with Gasteiger partial charge in [-0.25, -0.2) is 16.8 Å². The minimum absolute atomic E-state index is 0.0722. The second-order valence-corrected chi connectivity index (χ2v) is 10.3. The smallest absolute Gasteiger partial charge is 0.242 e. The van der Waals surface area contributed by atoms with Crippen LogP contribution in [0, 0.1) is 5.82 Å². The molecule has 2 aromatic carbocycles. The van der Waals surface area contributed by atoms with Crippen molar-refractivity contribution in [3.63, 3.8) is 0 Å². The van der Waals surface area contributed by atoms with Crippen molar-refractivity contribution in [1.82, 2.24) is 13.8 Å². The van der Waals surface area contributed by atoms with Gasteiger partial charge in [0.2, 0.25) is 10.0 Å². The fourth-order valence-corrected chi connectivity index (χ4v) is 5.34. The predicted molar refractivity (Wildman–Crippen MR) is 128 cm³/mol. The highest BCUT2D eigenvalue weighted by Gasteiger charge is 2.21. The molecule has 5 nitrogen and oxygen atoms in total. The van der Waals surface area contributed by atoms with Crippen molar-refractivity contribution in [1.29, 1.82) is 0 Å². The molecule has 1 saturated heterocycles. The fraction of sp³-hybridized carbons (Fsp3) is 0.304. The second-order valence-electron chi connectivity index (χ2n) is 7.53. The van der Waals surface area contributed by atoms with E-state index in [1.165, 1.54) is 22.2 Å². The van der Waals surface area contributed by atoms with Gasteiger partial charge in [-0.1, -0.05) is 46.3 Å². The molecule has 0 saturated carbocycles. The van der Waals surface area contributed by atoms with Crippen molar-refractivity contribution in [3.05, 3.63) is 83.2 Å². The Balaban J connectivity index is 0.000000330. The van der Waals surface area contributed by atoms with E-state index in [-0.39, 0.29) is 11.6 Å². The Labute approximate surface area is 191 Å². The zero-order chi connectivity index (χ0) is 22.4.